The van der Waals surface area contributed by atoms with Crippen LogP contribution >= 0.6 is 45.3 Å². The summed E-state index contributed by atoms with van der Waals surface area (Å²) >= 11 is 6.99. The van der Waals surface area contributed by atoms with E-state index < -0.39 is 0 Å². The van der Waals surface area contributed by atoms with Crippen molar-refractivity contribution in [2.45, 2.75) is 0 Å². The van der Waals surface area contributed by atoms with Gasteiger partial charge in [-0.15, -0.1) is 45.3 Å². The van der Waals surface area contributed by atoms with Crippen molar-refractivity contribution in [2.24, 2.45) is 0 Å². The number of para-hydroxylation sites is 2. The van der Waals surface area contributed by atoms with E-state index in [0.717, 1.165) is 145 Å². The lowest BCUT2D eigenvalue weighted by Gasteiger charge is -2.11. The van der Waals surface area contributed by atoms with Crippen LogP contribution in [0.5, 0.6) is 0 Å². The summed E-state index contributed by atoms with van der Waals surface area (Å²) in [5.41, 5.74) is 16.5. The average Bonchev–Trinajstić information content (AvgIpc) is 1.57. The fraction of sp³-hybridized carbons (Fsp3) is 0. The van der Waals surface area contributed by atoms with Gasteiger partial charge < -0.3 is 8.83 Å². The first kappa shape index (κ1) is 64.5. The number of hydrogen-bond acceptors (Lipinski definition) is 16. The molecule has 0 saturated heterocycles. The summed E-state index contributed by atoms with van der Waals surface area (Å²) in [6.07, 6.45) is 0. The first-order valence-corrected chi connectivity index (χ1v) is 40.7. The van der Waals surface area contributed by atoms with Gasteiger partial charge in [0.2, 0.25) is 0 Å². The molecule has 0 saturated carbocycles. The molecule has 10 heterocycles. The maximum atomic E-state index is 6.87. The lowest BCUT2D eigenvalue weighted by atomic mass is 9.99. The quantitative estimate of drug-likeness (QED) is 0.121. The highest BCUT2D eigenvalue weighted by atomic mass is 32.1. The Bertz CT molecular complexity index is 8160. The molecule has 0 N–H and O–H groups in total. The minimum absolute atomic E-state index is 0.560. The van der Waals surface area contributed by atoms with E-state index in [4.69, 9.17) is 58.7 Å². The predicted molar refractivity (Wildman–Crippen MR) is 470 cm³/mol. The number of furan rings is 2. The minimum Gasteiger partial charge on any atom is -0.452 e. The fourth-order valence-corrected chi connectivity index (χ4v) is 21.2. The molecule has 0 aliphatic heterocycles. The Morgan fingerprint density at radius 1 is 0.193 bits per heavy atom. The predicted octanol–water partition coefficient (Wildman–Crippen LogP) is 27.2. The van der Waals surface area contributed by atoms with Gasteiger partial charge in [0.25, 0.3) is 0 Å². The van der Waals surface area contributed by atoms with Gasteiger partial charge in [-0.2, -0.15) is 0 Å². The third-order valence-electron chi connectivity index (χ3n) is 21.7. The van der Waals surface area contributed by atoms with E-state index in [0.29, 0.717) is 69.1 Å². The van der Waals surface area contributed by atoms with Crippen molar-refractivity contribution in [3.05, 3.63) is 315 Å². The maximum Gasteiger partial charge on any atom is 0.180 e. The summed E-state index contributed by atoms with van der Waals surface area (Å²) in [7, 11) is 0. The van der Waals surface area contributed by atoms with E-state index in [9.17, 15) is 0 Å². The van der Waals surface area contributed by atoms with Crippen LogP contribution in [0.25, 0.3) is 250 Å². The normalized spacial score (nSPS) is 12.0. The Hall–Kier alpha value is -14.3. The number of rotatable bonds is 11. The summed E-state index contributed by atoms with van der Waals surface area (Å²) in [6.45, 7) is 0. The highest BCUT2D eigenvalue weighted by Gasteiger charge is 2.28. The summed E-state index contributed by atoms with van der Waals surface area (Å²) in [6, 6.07) is 109. The number of fused-ring (bicyclic) bond motifs is 18. The van der Waals surface area contributed by atoms with Gasteiger partial charge in [0.05, 0.1) is 0 Å². The van der Waals surface area contributed by atoms with Crippen molar-refractivity contribution in [1.82, 2.24) is 49.8 Å². The molecule has 0 atom stereocenters. The van der Waals surface area contributed by atoms with Crippen LogP contribution in [-0.2, 0) is 0 Å². The summed E-state index contributed by atoms with van der Waals surface area (Å²) in [5.74, 6) is 4.72. The topological polar surface area (TPSA) is 155 Å². The summed E-state index contributed by atoms with van der Waals surface area (Å²) < 4.78 is 22.8. The number of aromatic nitrogens is 10. The molecular weight excluding hydrogens is 1480 g/mol. The minimum atomic E-state index is 0.560. The molecule has 24 rings (SSSR count). The highest BCUT2D eigenvalue weighted by Crippen LogP contribution is 2.50. The number of nitrogens with zero attached hydrogens (tertiary/aromatic N) is 10. The second-order valence-corrected chi connectivity index (χ2v) is 32.6. The molecule has 0 radical (unpaired) electrons. The zero-order valence-electron chi connectivity index (χ0n) is 59.9. The van der Waals surface area contributed by atoms with Gasteiger partial charge >= 0.3 is 0 Å². The van der Waals surface area contributed by atoms with Gasteiger partial charge in [-0.25, -0.2) is 49.8 Å². The fourth-order valence-electron chi connectivity index (χ4n) is 16.4. The van der Waals surface area contributed by atoms with Gasteiger partial charge in [0.1, 0.15) is 33.6 Å². The monoisotopic (exact) mass is 1530 g/mol. The van der Waals surface area contributed by atoms with Crippen LogP contribution in [0.2, 0.25) is 0 Å². The summed E-state index contributed by atoms with van der Waals surface area (Å²) in [5, 5.41) is 10.8. The van der Waals surface area contributed by atoms with Crippen LogP contribution in [0.4, 0.5) is 0 Å². The van der Waals surface area contributed by atoms with Crippen LogP contribution in [-0.4, -0.2) is 49.8 Å². The van der Waals surface area contributed by atoms with Crippen molar-refractivity contribution in [2.75, 3.05) is 0 Å². The van der Waals surface area contributed by atoms with E-state index in [-0.39, 0.29) is 0 Å². The Morgan fingerprint density at radius 2 is 0.535 bits per heavy atom. The Kier molecular flexibility index (Phi) is 14.5. The third kappa shape index (κ3) is 10.4. The zero-order valence-corrected chi connectivity index (χ0v) is 63.2. The van der Waals surface area contributed by atoms with E-state index in [1.54, 1.807) is 45.3 Å². The molecule has 0 unspecified atom stereocenters. The largest absolute Gasteiger partial charge is 0.452 e. The van der Waals surface area contributed by atoms with E-state index in [1.807, 2.05) is 72.8 Å². The van der Waals surface area contributed by atoms with E-state index >= 15 is 0 Å². The van der Waals surface area contributed by atoms with Crippen molar-refractivity contribution in [3.63, 3.8) is 0 Å². The SMILES string of the molecule is c1ccc(-c2nc(-c3ccc4c(c3)sc3ccccc34)nc(-c3cccc4sc5c(-c6nc(-c7cccc(-c8cccc(-c9nc(-c%10cccc%11c%10sc%10cccc(-c%12nc(-c%13ccccc%13)nc(-c%13cccc%14c%13sc%13ccccc%13%14)n%12)c%10%11)c%10oc%11ccccc%11c%10n9)c8)c7)nc7c6oc6ccccc67)cccc5c34)n2)cc1. The molecule has 24 aromatic rings. The third-order valence-corrected chi connectivity index (χ3v) is 26.4. The number of thiophene rings is 4. The molecule has 0 fully saturated rings. The Balaban J connectivity index is 0.616. The lowest BCUT2D eigenvalue weighted by molar-refractivity contribution is 0.667. The zero-order chi connectivity index (χ0) is 74.6. The van der Waals surface area contributed by atoms with Crippen LogP contribution in [0.1, 0.15) is 0 Å². The van der Waals surface area contributed by atoms with E-state index in [1.165, 1.54) is 35.6 Å². The van der Waals surface area contributed by atoms with Crippen LogP contribution in [0, 0.1) is 0 Å². The molecule has 0 amide bonds. The van der Waals surface area contributed by atoms with Gasteiger partial charge in [0.15, 0.2) is 57.8 Å². The Morgan fingerprint density at radius 3 is 1.09 bits per heavy atom. The molecular formula is C98H52N10O2S4. The van der Waals surface area contributed by atoms with E-state index in [2.05, 4.69) is 243 Å². The van der Waals surface area contributed by atoms with Crippen molar-refractivity contribution >= 4 is 170 Å². The first-order valence-electron chi connectivity index (χ1n) is 37.4. The molecule has 16 heteroatoms. The lowest BCUT2D eigenvalue weighted by Crippen LogP contribution is -2.00. The van der Waals surface area contributed by atoms with Crippen molar-refractivity contribution < 1.29 is 8.83 Å². The van der Waals surface area contributed by atoms with Gasteiger partial charge in [-0.05, 0) is 83.9 Å². The molecule has 10 aromatic heterocycles. The van der Waals surface area contributed by atoms with Crippen LogP contribution < -0.4 is 0 Å². The van der Waals surface area contributed by atoms with Crippen molar-refractivity contribution in [3.8, 4) is 125 Å². The number of benzene rings is 14. The van der Waals surface area contributed by atoms with Gasteiger partial charge in [0, 0.05) is 147 Å². The molecule has 114 heavy (non-hydrogen) atoms. The summed E-state index contributed by atoms with van der Waals surface area (Å²) in [4.78, 5) is 53.8. The van der Waals surface area contributed by atoms with Crippen molar-refractivity contribution in [1.29, 1.82) is 0 Å². The average molecular weight is 1530 g/mol. The molecule has 0 spiro atoms. The second kappa shape index (κ2) is 25.7. The van der Waals surface area contributed by atoms with Gasteiger partial charge in [-0.3, -0.25) is 0 Å². The van der Waals surface area contributed by atoms with Crippen LogP contribution in [0.3, 0.4) is 0 Å². The number of hydrogen-bond donors (Lipinski definition) is 0. The molecule has 0 aliphatic carbocycles. The Labute approximate surface area is 664 Å². The highest BCUT2D eigenvalue weighted by molar-refractivity contribution is 7.27. The molecule has 0 bridgehead atoms. The smallest absolute Gasteiger partial charge is 0.180 e. The first-order chi connectivity index (χ1) is 56.4. The second-order valence-electron chi connectivity index (χ2n) is 28.4. The standard InChI is InChI=1S/C98H52N10O2S4/c1-3-22-53(23-4-1)91-103-95(59-48-49-62-60-30-9-13-44-75(60)111-79(62)52-59)107-96(104-91)68-37-20-46-77-80(68)66-35-18-39-70(89(66)113-77)84-86-82(64-32-7-11-42-73(64)109-86)99-93(101-84)57-28-15-26-55(50-57)56-27-16-29-58(51-56)94-100-83-65-33-8-12-43-74(65)110-87(83)85(102-94)71-40-19-36-67-81-69(38-21-47-78(81)114-90(67)71)97-105-92(54-24-5-2-6-25-54)106-98(108-97)72-41-17-34-63-61-31-10-14-45-76(61)112-88(63)72/h1-52H. The molecule has 530 valence electrons. The molecule has 0 aliphatic rings. The van der Waals surface area contributed by atoms with Gasteiger partial charge in [-0.1, -0.05) is 243 Å². The molecule has 12 nitrogen and oxygen atoms in total. The maximum absolute atomic E-state index is 6.87. The van der Waals surface area contributed by atoms with Crippen LogP contribution in [0.15, 0.2) is 324 Å². The molecule has 14 aromatic carbocycles.